The van der Waals surface area contributed by atoms with E-state index in [4.69, 9.17) is 9.47 Å². The molecule has 0 spiro atoms. The van der Waals surface area contributed by atoms with Crippen LogP contribution in [-0.2, 0) is 14.3 Å². The van der Waals surface area contributed by atoms with Crippen LogP contribution in [-0.4, -0.2) is 39.2 Å². The molecule has 5 heteroatoms. The van der Waals surface area contributed by atoms with E-state index in [1.165, 1.54) is 7.11 Å². The summed E-state index contributed by atoms with van der Waals surface area (Å²) < 4.78 is 14.7. The highest BCUT2D eigenvalue weighted by atomic mass is 16.5. The zero-order valence-corrected chi connectivity index (χ0v) is 10.3. The normalized spacial score (nSPS) is 16.6. The third kappa shape index (κ3) is 1.86. The van der Waals surface area contributed by atoms with Crippen molar-refractivity contribution in [1.82, 2.24) is 0 Å². The average Bonchev–Trinajstić information content (AvgIpc) is 2.37. The lowest BCUT2D eigenvalue weighted by Gasteiger charge is -2.36. The number of hydrogen-bond acceptors (Lipinski definition) is 5. The average molecular weight is 250 g/mol. The van der Waals surface area contributed by atoms with Gasteiger partial charge in [0.05, 0.1) is 27.4 Å². The Labute approximate surface area is 105 Å². The number of hydrogen-bond donors (Lipinski definition) is 0. The molecule has 96 valence electrons. The number of rotatable bonds is 4. The predicted molar refractivity (Wildman–Crippen MR) is 62.6 cm³/mol. The third-order valence-electron chi connectivity index (χ3n) is 3.06. The summed E-state index contributed by atoms with van der Waals surface area (Å²) in [6, 6.07) is 6.61. The summed E-state index contributed by atoms with van der Waals surface area (Å²) in [6.07, 6.45) is 0. The van der Waals surface area contributed by atoms with Crippen LogP contribution < -0.4 is 4.74 Å². The first-order valence-corrected chi connectivity index (χ1v) is 5.49. The number of Topliss-reactive ketones (excluding diaryl/α,β-unsaturated/α-hetero) is 1. The van der Waals surface area contributed by atoms with Gasteiger partial charge in [-0.2, -0.15) is 0 Å². The second-order valence-electron chi connectivity index (χ2n) is 4.12. The second kappa shape index (κ2) is 4.78. The highest BCUT2D eigenvalue weighted by molar-refractivity contribution is 6.13. The van der Waals surface area contributed by atoms with Gasteiger partial charge in [0.15, 0.2) is 11.2 Å². The van der Waals surface area contributed by atoms with Crippen molar-refractivity contribution in [1.29, 1.82) is 0 Å². The lowest BCUT2D eigenvalue weighted by Crippen LogP contribution is -2.55. The van der Waals surface area contributed by atoms with Crippen molar-refractivity contribution >= 4 is 11.8 Å². The number of ether oxygens (including phenoxy) is 3. The van der Waals surface area contributed by atoms with E-state index in [2.05, 4.69) is 4.74 Å². The van der Waals surface area contributed by atoms with Crippen molar-refractivity contribution in [3.05, 3.63) is 29.8 Å². The van der Waals surface area contributed by atoms with Crippen molar-refractivity contribution in [3.63, 3.8) is 0 Å². The maximum absolute atomic E-state index is 12.3. The summed E-state index contributed by atoms with van der Waals surface area (Å²) in [5.41, 5.74) is -0.729. The van der Waals surface area contributed by atoms with Gasteiger partial charge in [0.1, 0.15) is 5.75 Å². The van der Waals surface area contributed by atoms with E-state index in [0.29, 0.717) is 11.3 Å². The molecule has 1 heterocycles. The minimum atomic E-state index is -1.18. The molecule has 1 saturated heterocycles. The Bertz CT molecular complexity index is 459. The maximum Gasteiger partial charge on any atom is 0.324 e. The Hall–Kier alpha value is -1.88. The van der Waals surface area contributed by atoms with Crippen LogP contribution in [0.15, 0.2) is 24.3 Å². The molecule has 1 aliphatic heterocycles. The van der Waals surface area contributed by atoms with E-state index >= 15 is 0 Å². The highest BCUT2D eigenvalue weighted by Gasteiger charge is 2.53. The van der Waals surface area contributed by atoms with Gasteiger partial charge in [-0.1, -0.05) is 0 Å². The van der Waals surface area contributed by atoms with Crippen molar-refractivity contribution in [2.24, 2.45) is 5.41 Å². The van der Waals surface area contributed by atoms with Gasteiger partial charge in [-0.15, -0.1) is 0 Å². The Morgan fingerprint density at radius 1 is 1.17 bits per heavy atom. The van der Waals surface area contributed by atoms with E-state index in [9.17, 15) is 9.59 Å². The molecule has 1 aromatic carbocycles. The molecule has 0 N–H and O–H groups in total. The number of carbonyl (C=O) groups is 2. The minimum Gasteiger partial charge on any atom is -0.497 e. The van der Waals surface area contributed by atoms with Gasteiger partial charge in [-0.25, -0.2) is 0 Å². The van der Waals surface area contributed by atoms with Crippen molar-refractivity contribution in [2.45, 2.75) is 0 Å². The molecule has 0 saturated carbocycles. The van der Waals surface area contributed by atoms with Gasteiger partial charge in [-0.3, -0.25) is 9.59 Å². The van der Waals surface area contributed by atoms with Crippen LogP contribution in [0.4, 0.5) is 0 Å². The van der Waals surface area contributed by atoms with Crippen LogP contribution in [0.2, 0.25) is 0 Å². The summed E-state index contributed by atoms with van der Waals surface area (Å²) >= 11 is 0. The van der Waals surface area contributed by atoms with Crippen LogP contribution in [0.1, 0.15) is 10.4 Å². The van der Waals surface area contributed by atoms with Crippen LogP contribution in [0.25, 0.3) is 0 Å². The topological polar surface area (TPSA) is 61.8 Å². The first-order valence-electron chi connectivity index (χ1n) is 5.49. The summed E-state index contributed by atoms with van der Waals surface area (Å²) in [5.74, 6) is -0.165. The fourth-order valence-corrected chi connectivity index (χ4v) is 1.86. The number of methoxy groups -OCH3 is 2. The summed E-state index contributed by atoms with van der Waals surface area (Å²) in [5, 5.41) is 0. The van der Waals surface area contributed by atoms with Gasteiger partial charge >= 0.3 is 5.97 Å². The molecule has 0 atom stereocenters. The van der Waals surface area contributed by atoms with Crippen molar-refractivity contribution in [2.75, 3.05) is 27.4 Å². The van der Waals surface area contributed by atoms with Gasteiger partial charge < -0.3 is 14.2 Å². The molecular formula is C13H14O5. The third-order valence-corrected chi connectivity index (χ3v) is 3.06. The first-order chi connectivity index (χ1) is 8.64. The number of carbonyl (C=O) groups excluding carboxylic acids is 2. The van der Waals surface area contributed by atoms with Crippen molar-refractivity contribution in [3.8, 4) is 5.75 Å². The molecule has 18 heavy (non-hydrogen) atoms. The lowest BCUT2D eigenvalue weighted by molar-refractivity contribution is -0.172. The lowest BCUT2D eigenvalue weighted by atomic mass is 9.78. The monoisotopic (exact) mass is 250 g/mol. The van der Waals surface area contributed by atoms with E-state index in [1.807, 2.05) is 0 Å². The molecule has 2 rings (SSSR count). The zero-order valence-electron chi connectivity index (χ0n) is 10.3. The molecule has 1 fully saturated rings. The van der Waals surface area contributed by atoms with Crippen LogP contribution >= 0.6 is 0 Å². The minimum absolute atomic E-state index is 0.0739. The van der Waals surface area contributed by atoms with Gasteiger partial charge in [0.25, 0.3) is 0 Å². The SMILES string of the molecule is COC(=O)C1(C(=O)c2ccc(OC)cc2)COC1. The molecule has 0 unspecified atom stereocenters. The number of esters is 1. The molecule has 0 amide bonds. The van der Waals surface area contributed by atoms with Crippen LogP contribution in [0, 0.1) is 5.41 Å². The van der Waals surface area contributed by atoms with E-state index in [0.717, 1.165) is 0 Å². The molecule has 1 aromatic rings. The second-order valence-corrected chi connectivity index (χ2v) is 4.12. The standard InChI is InChI=1S/C13H14O5/c1-16-10-5-3-9(4-6-10)11(14)13(7-18-8-13)12(15)17-2/h3-6H,7-8H2,1-2H3. The van der Waals surface area contributed by atoms with Gasteiger partial charge in [0.2, 0.25) is 0 Å². The van der Waals surface area contributed by atoms with Crippen LogP contribution in [0.5, 0.6) is 5.75 Å². The Balaban J connectivity index is 2.26. The van der Waals surface area contributed by atoms with E-state index in [1.54, 1.807) is 31.4 Å². The highest BCUT2D eigenvalue weighted by Crippen LogP contribution is 2.33. The Morgan fingerprint density at radius 2 is 1.78 bits per heavy atom. The van der Waals surface area contributed by atoms with E-state index < -0.39 is 11.4 Å². The molecule has 5 nitrogen and oxygen atoms in total. The zero-order chi connectivity index (χ0) is 13.2. The summed E-state index contributed by atoms with van der Waals surface area (Å²) in [6.45, 7) is 0.148. The first kappa shape index (κ1) is 12.6. The molecule has 0 aromatic heterocycles. The molecular weight excluding hydrogens is 236 g/mol. The summed E-state index contributed by atoms with van der Waals surface area (Å²) in [4.78, 5) is 24.0. The Kier molecular flexibility index (Phi) is 3.34. The smallest absolute Gasteiger partial charge is 0.324 e. The fraction of sp³-hybridized carbons (Fsp3) is 0.385. The fourth-order valence-electron chi connectivity index (χ4n) is 1.86. The molecule has 0 aliphatic carbocycles. The van der Waals surface area contributed by atoms with E-state index in [-0.39, 0.29) is 19.0 Å². The predicted octanol–water partition coefficient (Wildman–Crippen LogP) is 1.07. The van der Waals surface area contributed by atoms with Gasteiger partial charge in [-0.05, 0) is 24.3 Å². The molecule has 0 radical (unpaired) electrons. The molecule has 1 aliphatic rings. The largest absolute Gasteiger partial charge is 0.497 e. The number of ketones is 1. The quantitative estimate of drug-likeness (QED) is 0.454. The molecule has 0 bridgehead atoms. The number of benzene rings is 1. The summed E-state index contributed by atoms with van der Waals surface area (Å²) in [7, 11) is 2.82. The van der Waals surface area contributed by atoms with Crippen LogP contribution in [0.3, 0.4) is 0 Å². The van der Waals surface area contributed by atoms with Gasteiger partial charge in [0, 0.05) is 5.56 Å². The van der Waals surface area contributed by atoms with Crippen molar-refractivity contribution < 1.29 is 23.8 Å². The Morgan fingerprint density at radius 3 is 2.17 bits per heavy atom. The maximum atomic E-state index is 12.3.